The normalized spacial score (nSPS) is 31.2. The molecule has 7 heteroatoms. The highest BCUT2D eigenvalue weighted by Crippen LogP contribution is 2.34. The summed E-state index contributed by atoms with van der Waals surface area (Å²) in [4.78, 5) is 4.16. The zero-order valence-corrected chi connectivity index (χ0v) is 10.6. The Morgan fingerprint density at radius 2 is 2.00 bits per heavy atom. The lowest BCUT2D eigenvalue weighted by Gasteiger charge is -2.18. The number of rotatable bonds is 2. The third-order valence-electron chi connectivity index (χ3n) is 3.32. The van der Waals surface area contributed by atoms with Crippen LogP contribution >= 0.6 is 11.6 Å². The van der Waals surface area contributed by atoms with Gasteiger partial charge in [-0.1, -0.05) is 12.1 Å². The minimum Gasteiger partial charge on any atom is -0.394 e. The molecule has 1 fully saturated rings. The third-order valence-corrected chi connectivity index (χ3v) is 3.59. The van der Waals surface area contributed by atoms with E-state index < -0.39 is 24.5 Å². The lowest BCUT2D eigenvalue weighted by molar-refractivity contribution is -0.0507. The van der Waals surface area contributed by atoms with Crippen molar-refractivity contribution in [2.45, 2.75) is 24.5 Å². The number of halogens is 1. The highest BCUT2D eigenvalue weighted by molar-refractivity contribution is 6.29. The molecule has 102 valence electrons. The van der Waals surface area contributed by atoms with Crippen molar-refractivity contribution in [2.75, 3.05) is 6.61 Å². The first kappa shape index (κ1) is 12.8. The molecule has 4 atom stereocenters. The zero-order chi connectivity index (χ0) is 13.6. The van der Waals surface area contributed by atoms with Crippen LogP contribution in [-0.4, -0.2) is 49.8 Å². The summed E-state index contributed by atoms with van der Waals surface area (Å²) >= 11 is 6.07. The number of hydrogen-bond donors (Lipinski definition) is 3. The number of aliphatic hydroxyl groups excluding tert-OH is 3. The maximum Gasteiger partial charge on any atom is 0.205 e. The molecular formula is C12H13ClN2O4. The van der Waals surface area contributed by atoms with Gasteiger partial charge in [0.25, 0.3) is 0 Å². The number of ether oxygens (including phenoxy) is 1. The molecule has 0 unspecified atom stereocenters. The standard InChI is InChI=1S/C12H13ClN2O4/c13-12-14-6-3-1-2-4-7(6)15(12)11-10(18)9(17)8(5-16)19-11/h1-4,8-11,16-18H,5H2/t8-,9-,10-,11-/m0/s1. The lowest BCUT2D eigenvalue weighted by Crippen LogP contribution is -2.33. The molecular weight excluding hydrogens is 272 g/mol. The van der Waals surface area contributed by atoms with E-state index in [-0.39, 0.29) is 11.9 Å². The van der Waals surface area contributed by atoms with Crippen molar-refractivity contribution in [1.29, 1.82) is 0 Å². The first-order chi connectivity index (χ1) is 9.13. The minimum atomic E-state index is -1.17. The van der Waals surface area contributed by atoms with Crippen molar-refractivity contribution in [3.63, 3.8) is 0 Å². The Hall–Kier alpha value is -1.18. The van der Waals surface area contributed by atoms with Crippen molar-refractivity contribution < 1.29 is 20.1 Å². The van der Waals surface area contributed by atoms with E-state index in [9.17, 15) is 10.2 Å². The van der Waals surface area contributed by atoms with E-state index in [0.29, 0.717) is 11.0 Å². The number of aliphatic hydroxyl groups is 3. The number of para-hydroxylation sites is 2. The Bertz CT molecular complexity index is 602. The van der Waals surface area contributed by atoms with Gasteiger partial charge in [-0.15, -0.1) is 0 Å². The van der Waals surface area contributed by atoms with E-state index in [0.717, 1.165) is 0 Å². The number of hydrogen-bond acceptors (Lipinski definition) is 5. The highest BCUT2D eigenvalue weighted by atomic mass is 35.5. The number of aromatic nitrogens is 2. The van der Waals surface area contributed by atoms with Crippen LogP contribution in [0.1, 0.15) is 6.23 Å². The van der Waals surface area contributed by atoms with Gasteiger partial charge in [-0.2, -0.15) is 0 Å². The first-order valence-electron chi connectivity index (χ1n) is 5.88. The van der Waals surface area contributed by atoms with Crippen LogP contribution in [-0.2, 0) is 4.74 Å². The smallest absolute Gasteiger partial charge is 0.205 e. The van der Waals surface area contributed by atoms with Crippen molar-refractivity contribution in [2.24, 2.45) is 0 Å². The van der Waals surface area contributed by atoms with Crippen LogP contribution in [0.15, 0.2) is 24.3 Å². The highest BCUT2D eigenvalue weighted by Gasteiger charge is 2.44. The van der Waals surface area contributed by atoms with Crippen molar-refractivity contribution >= 4 is 22.6 Å². The van der Waals surface area contributed by atoms with Gasteiger partial charge in [0.1, 0.15) is 18.3 Å². The first-order valence-corrected chi connectivity index (χ1v) is 6.26. The Kier molecular flexibility index (Phi) is 3.20. The maximum atomic E-state index is 10.0. The Labute approximate surface area is 113 Å². The number of fused-ring (bicyclic) bond motifs is 1. The Morgan fingerprint density at radius 3 is 2.68 bits per heavy atom. The van der Waals surface area contributed by atoms with Gasteiger partial charge in [0, 0.05) is 0 Å². The van der Waals surface area contributed by atoms with E-state index in [1.54, 1.807) is 12.1 Å². The summed E-state index contributed by atoms with van der Waals surface area (Å²) in [6, 6.07) is 7.23. The van der Waals surface area contributed by atoms with E-state index in [2.05, 4.69) is 4.98 Å². The second-order valence-electron chi connectivity index (χ2n) is 4.47. The molecule has 6 nitrogen and oxygen atoms in total. The molecule has 2 heterocycles. The van der Waals surface area contributed by atoms with E-state index in [1.807, 2.05) is 12.1 Å². The summed E-state index contributed by atoms with van der Waals surface area (Å²) < 4.78 is 6.97. The topological polar surface area (TPSA) is 87.7 Å². The molecule has 0 radical (unpaired) electrons. The van der Waals surface area contributed by atoms with Crippen molar-refractivity contribution in [1.82, 2.24) is 9.55 Å². The monoisotopic (exact) mass is 284 g/mol. The van der Waals surface area contributed by atoms with Gasteiger partial charge in [0.15, 0.2) is 6.23 Å². The molecule has 0 saturated carbocycles. The molecule has 1 saturated heterocycles. The van der Waals surface area contributed by atoms with E-state index >= 15 is 0 Å². The van der Waals surface area contributed by atoms with Gasteiger partial charge in [-0.05, 0) is 23.7 Å². The molecule has 0 spiro atoms. The summed E-state index contributed by atoms with van der Waals surface area (Å²) in [5.41, 5.74) is 1.37. The van der Waals surface area contributed by atoms with Gasteiger partial charge in [-0.3, -0.25) is 4.57 Å². The fraction of sp³-hybridized carbons (Fsp3) is 0.417. The van der Waals surface area contributed by atoms with Crippen LogP contribution in [0.2, 0.25) is 5.28 Å². The molecule has 3 N–H and O–H groups in total. The minimum absolute atomic E-state index is 0.163. The molecule has 1 aromatic carbocycles. The molecule has 0 bridgehead atoms. The Morgan fingerprint density at radius 1 is 1.26 bits per heavy atom. The van der Waals surface area contributed by atoms with Crippen LogP contribution in [0, 0.1) is 0 Å². The molecule has 0 amide bonds. The average Bonchev–Trinajstić information content (AvgIpc) is 2.88. The summed E-state index contributed by atoms with van der Waals surface area (Å²) in [6.07, 6.45) is -4.04. The average molecular weight is 285 g/mol. The summed E-state index contributed by atoms with van der Waals surface area (Å²) in [5.74, 6) is 0. The number of imidazole rings is 1. The van der Waals surface area contributed by atoms with E-state index in [4.69, 9.17) is 21.4 Å². The largest absolute Gasteiger partial charge is 0.394 e. The molecule has 1 aliphatic rings. The predicted octanol–water partition coefficient (Wildman–Crippen LogP) is 0.301. The molecule has 0 aliphatic carbocycles. The van der Waals surface area contributed by atoms with Crippen LogP contribution in [0.3, 0.4) is 0 Å². The van der Waals surface area contributed by atoms with Gasteiger partial charge < -0.3 is 20.1 Å². The lowest BCUT2D eigenvalue weighted by atomic mass is 10.1. The predicted molar refractivity (Wildman–Crippen MR) is 67.8 cm³/mol. The second kappa shape index (κ2) is 4.73. The van der Waals surface area contributed by atoms with Crippen LogP contribution in [0.4, 0.5) is 0 Å². The molecule has 2 aromatic rings. The van der Waals surface area contributed by atoms with Crippen molar-refractivity contribution in [3.05, 3.63) is 29.5 Å². The molecule has 3 rings (SSSR count). The Balaban J connectivity index is 2.07. The SMILES string of the molecule is OC[C@@H]1O[C@H](n2c(Cl)nc3ccccc32)[C@@H](O)[C@H]1O. The van der Waals surface area contributed by atoms with Crippen LogP contribution < -0.4 is 0 Å². The quantitative estimate of drug-likeness (QED) is 0.738. The molecule has 19 heavy (non-hydrogen) atoms. The summed E-state index contributed by atoms with van der Waals surface area (Å²) in [7, 11) is 0. The fourth-order valence-corrected chi connectivity index (χ4v) is 2.63. The molecule has 1 aliphatic heterocycles. The van der Waals surface area contributed by atoms with Gasteiger partial charge in [0.2, 0.25) is 5.28 Å². The van der Waals surface area contributed by atoms with Gasteiger partial charge in [-0.25, -0.2) is 4.98 Å². The van der Waals surface area contributed by atoms with Crippen LogP contribution in [0.25, 0.3) is 11.0 Å². The number of benzene rings is 1. The maximum absolute atomic E-state index is 10.0. The third kappa shape index (κ3) is 1.92. The number of nitrogens with zero attached hydrogens (tertiary/aromatic N) is 2. The second-order valence-corrected chi connectivity index (χ2v) is 4.81. The zero-order valence-electron chi connectivity index (χ0n) is 9.85. The van der Waals surface area contributed by atoms with Gasteiger partial charge in [0.05, 0.1) is 17.6 Å². The summed E-state index contributed by atoms with van der Waals surface area (Å²) in [5, 5.41) is 29.1. The van der Waals surface area contributed by atoms with E-state index in [1.165, 1.54) is 4.57 Å². The fourth-order valence-electron chi connectivity index (χ4n) is 2.35. The molecule has 1 aromatic heterocycles. The van der Waals surface area contributed by atoms with Crippen molar-refractivity contribution in [3.8, 4) is 0 Å². The van der Waals surface area contributed by atoms with Gasteiger partial charge >= 0.3 is 0 Å². The summed E-state index contributed by atoms with van der Waals surface area (Å²) in [6.45, 7) is -0.376. The van der Waals surface area contributed by atoms with Crippen LogP contribution in [0.5, 0.6) is 0 Å².